The smallest absolute Gasteiger partial charge is 0.309 e. The van der Waals surface area contributed by atoms with E-state index in [1.54, 1.807) is 13.8 Å². The van der Waals surface area contributed by atoms with E-state index in [9.17, 15) is 19.5 Å². The number of allylic oxidation sites excluding steroid dienone is 1. The number of amides is 1. The number of ether oxygens (including phenoxy) is 1. The summed E-state index contributed by atoms with van der Waals surface area (Å²) in [6.07, 6.45) is 11.2. The van der Waals surface area contributed by atoms with E-state index < -0.39 is 17.4 Å². The number of halogens is 1. The number of fused-ring (bicyclic) bond motifs is 7. The topological polar surface area (TPSA) is 92.7 Å². The van der Waals surface area contributed by atoms with Crippen LogP contribution >= 0.6 is 11.6 Å². The van der Waals surface area contributed by atoms with Crippen molar-refractivity contribution in [3.63, 3.8) is 0 Å². The molecule has 0 saturated heterocycles. The molecule has 5 fully saturated rings. The predicted octanol–water partition coefficient (Wildman–Crippen LogP) is 10.7. The van der Waals surface area contributed by atoms with Gasteiger partial charge in [-0.05, 0) is 154 Å². The summed E-state index contributed by atoms with van der Waals surface area (Å²) in [7, 11) is 0. The lowest BCUT2D eigenvalue weighted by Gasteiger charge is -2.73. The van der Waals surface area contributed by atoms with Gasteiger partial charge in [-0.1, -0.05) is 76.6 Å². The average molecular weight is 736 g/mol. The van der Waals surface area contributed by atoms with E-state index in [0.717, 1.165) is 67.5 Å². The number of nitrogens with one attached hydrogen (secondary N) is 1. The number of hydrogen-bond acceptors (Lipinski definition) is 4. The highest BCUT2D eigenvalue weighted by molar-refractivity contribution is 6.32. The third-order valence-electron chi connectivity index (χ3n) is 16.9. The molecule has 0 bridgehead atoms. The molecule has 7 heteroatoms. The van der Waals surface area contributed by atoms with E-state index in [0.29, 0.717) is 42.6 Å². The van der Waals surface area contributed by atoms with Crippen molar-refractivity contribution in [2.45, 2.75) is 152 Å². The fraction of sp³-hybridized carbons (Fsp3) is 0.756. The van der Waals surface area contributed by atoms with Gasteiger partial charge in [0.05, 0.1) is 11.8 Å². The Morgan fingerprint density at radius 3 is 2.33 bits per heavy atom. The second-order valence-corrected chi connectivity index (χ2v) is 20.6. The van der Waals surface area contributed by atoms with Crippen LogP contribution in [0.5, 0.6) is 0 Å². The van der Waals surface area contributed by atoms with Crippen LogP contribution in [-0.4, -0.2) is 29.1 Å². The molecule has 0 aliphatic heterocycles. The van der Waals surface area contributed by atoms with Crippen molar-refractivity contribution < 1.29 is 24.2 Å². The molecule has 5 saturated carbocycles. The van der Waals surface area contributed by atoms with E-state index in [1.807, 2.05) is 25.1 Å². The van der Waals surface area contributed by atoms with E-state index in [2.05, 4.69) is 53.4 Å². The molecule has 288 valence electrons. The number of aliphatic carboxylic acids is 1. The summed E-state index contributed by atoms with van der Waals surface area (Å²) in [5, 5.41) is 13.6. The van der Waals surface area contributed by atoms with Gasteiger partial charge in [0.15, 0.2) is 0 Å². The van der Waals surface area contributed by atoms with Crippen LogP contribution in [0.25, 0.3) is 0 Å². The highest BCUT2D eigenvalue weighted by Crippen LogP contribution is 2.78. The molecule has 0 aromatic heterocycles. The summed E-state index contributed by atoms with van der Waals surface area (Å²) in [5.41, 5.74) is 2.39. The molecule has 10 atom stereocenters. The van der Waals surface area contributed by atoms with Crippen molar-refractivity contribution in [2.24, 2.45) is 62.1 Å². The van der Waals surface area contributed by atoms with Gasteiger partial charge in [0.25, 0.3) is 0 Å². The molecule has 1 aromatic carbocycles. The Bertz CT molecular complexity index is 1620. The molecule has 5 aliphatic carbocycles. The number of benzene rings is 1. The first-order chi connectivity index (χ1) is 24.1. The number of carbonyl (C=O) groups is 3. The molecule has 0 radical (unpaired) electrons. The molecule has 0 unspecified atom stereocenters. The highest BCUT2D eigenvalue weighted by Gasteiger charge is 2.71. The predicted molar refractivity (Wildman–Crippen MR) is 208 cm³/mol. The van der Waals surface area contributed by atoms with Crippen molar-refractivity contribution in [3.8, 4) is 0 Å². The van der Waals surface area contributed by atoms with Crippen molar-refractivity contribution in [1.82, 2.24) is 5.32 Å². The summed E-state index contributed by atoms with van der Waals surface area (Å²) >= 11 is 6.60. The first-order valence-corrected chi connectivity index (χ1v) is 20.6. The summed E-state index contributed by atoms with van der Waals surface area (Å²) < 4.78 is 6.18. The van der Waals surface area contributed by atoms with Crippen molar-refractivity contribution in [3.05, 3.63) is 46.5 Å². The Hall–Kier alpha value is -2.34. The number of carboxylic acids is 1. The van der Waals surface area contributed by atoms with Gasteiger partial charge in [0.1, 0.15) is 6.10 Å². The second-order valence-electron chi connectivity index (χ2n) is 20.3. The van der Waals surface area contributed by atoms with Gasteiger partial charge in [-0.15, -0.1) is 0 Å². The Balaban J connectivity index is 1.22. The van der Waals surface area contributed by atoms with Crippen LogP contribution in [0.3, 0.4) is 0 Å². The Morgan fingerprint density at radius 1 is 0.942 bits per heavy atom. The van der Waals surface area contributed by atoms with Gasteiger partial charge in [0.2, 0.25) is 5.91 Å². The zero-order valence-electron chi connectivity index (χ0n) is 33.6. The molecule has 1 aromatic rings. The van der Waals surface area contributed by atoms with Gasteiger partial charge in [0, 0.05) is 23.4 Å². The lowest BCUT2D eigenvalue weighted by molar-refractivity contribution is -0.250. The van der Waals surface area contributed by atoms with Crippen LogP contribution in [0.2, 0.25) is 5.02 Å². The van der Waals surface area contributed by atoms with E-state index in [1.165, 1.54) is 18.4 Å². The normalized spacial score (nSPS) is 39.3. The Kier molecular flexibility index (Phi) is 10.2. The minimum Gasteiger partial charge on any atom is -0.481 e. The minimum absolute atomic E-state index is 0.00227. The maximum absolute atomic E-state index is 13.8. The molecule has 0 heterocycles. The van der Waals surface area contributed by atoms with Gasteiger partial charge >= 0.3 is 11.9 Å². The van der Waals surface area contributed by atoms with Crippen molar-refractivity contribution in [1.29, 1.82) is 0 Å². The number of rotatable bonds is 9. The number of carboxylic acid groups (broad SMARTS) is 1. The van der Waals surface area contributed by atoms with Crippen molar-refractivity contribution >= 4 is 29.4 Å². The SMILES string of the molecule is C=C(C)[C@@H]1CC[C@]2(CC(=O)NCc3cccc(C)c3Cl)CC[C@]3(C)[C@H](CC[C@@H]4[C@@]5(C)CC[C@H](OC(=O)CC(C)(C)C(=O)O)C(C)(C)[C@@H]5CC[C@]43C)[C@@H]12. The number of aryl methyl sites for hydroxylation is 1. The van der Waals surface area contributed by atoms with Crippen LogP contribution in [0.4, 0.5) is 0 Å². The molecular formula is C45H66ClNO5. The lowest BCUT2D eigenvalue weighted by Crippen LogP contribution is -2.67. The largest absolute Gasteiger partial charge is 0.481 e. The van der Waals surface area contributed by atoms with Crippen LogP contribution in [0.15, 0.2) is 30.4 Å². The van der Waals surface area contributed by atoms with Gasteiger partial charge in [-0.2, -0.15) is 0 Å². The second kappa shape index (κ2) is 13.4. The standard InChI is InChI=1S/C45H66ClNO5/c1-27(2)30-16-21-45(24-35(48)47-26-29-13-11-12-28(3)38(29)46)23-22-43(9)31(37(30)45)14-15-33-42(8)19-18-34(52-36(49)25-40(4,5)39(50)51)41(6,7)32(42)17-20-44(33,43)10/h11-13,30-34,37H,1,14-26H2,2-10H3,(H,47,48)(H,50,51)/t30-,31+,32-,33+,34-,37+,42-,43+,44+,45+/m0/s1. The van der Waals surface area contributed by atoms with Crippen LogP contribution in [0.1, 0.15) is 144 Å². The Morgan fingerprint density at radius 2 is 1.65 bits per heavy atom. The molecule has 1 amide bonds. The maximum atomic E-state index is 13.8. The number of hydrogen-bond donors (Lipinski definition) is 2. The monoisotopic (exact) mass is 735 g/mol. The number of esters is 1. The zero-order chi connectivity index (χ0) is 38.2. The summed E-state index contributed by atoms with van der Waals surface area (Å²) in [6, 6.07) is 6.02. The van der Waals surface area contributed by atoms with E-state index in [-0.39, 0.29) is 45.5 Å². The fourth-order valence-corrected chi connectivity index (χ4v) is 14.0. The van der Waals surface area contributed by atoms with Crippen LogP contribution in [0, 0.1) is 69.0 Å². The molecule has 52 heavy (non-hydrogen) atoms. The van der Waals surface area contributed by atoms with Gasteiger partial charge in [-0.3, -0.25) is 14.4 Å². The van der Waals surface area contributed by atoms with Crippen LogP contribution < -0.4 is 5.32 Å². The third-order valence-corrected chi connectivity index (χ3v) is 17.4. The lowest BCUT2D eigenvalue weighted by atomic mass is 9.32. The summed E-state index contributed by atoms with van der Waals surface area (Å²) in [4.78, 5) is 38.7. The average Bonchev–Trinajstić information content (AvgIpc) is 3.42. The maximum Gasteiger partial charge on any atom is 0.309 e. The quantitative estimate of drug-likeness (QED) is 0.195. The Labute approximate surface area is 318 Å². The zero-order valence-corrected chi connectivity index (χ0v) is 34.3. The number of carbonyl (C=O) groups excluding carboxylic acids is 2. The fourth-order valence-electron chi connectivity index (χ4n) is 13.8. The van der Waals surface area contributed by atoms with Crippen LogP contribution in [-0.2, 0) is 25.7 Å². The molecule has 2 N–H and O–H groups in total. The van der Waals surface area contributed by atoms with Crippen molar-refractivity contribution in [2.75, 3.05) is 0 Å². The molecule has 6 rings (SSSR count). The van der Waals surface area contributed by atoms with E-state index >= 15 is 0 Å². The highest BCUT2D eigenvalue weighted by atomic mass is 35.5. The van der Waals surface area contributed by atoms with Gasteiger partial charge < -0.3 is 15.2 Å². The third kappa shape index (κ3) is 6.17. The summed E-state index contributed by atoms with van der Waals surface area (Å²) in [5.74, 6) is 1.22. The van der Waals surface area contributed by atoms with E-state index in [4.69, 9.17) is 16.3 Å². The van der Waals surface area contributed by atoms with Gasteiger partial charge in [-0.25, -0.2) is 0 Å². The molecule has 0 spiro atoms. The minimum atomic E-state index is -1.15. The molecule has 6 nitrogen and oxygen atoms in total. The molecular weight excluding hydrogens is 670 g/mol. The molecule has 5 aliphatic rings. The first-order valence-electron chi connectivity index (χ1n) is 20.2. The first kappa shape index (κ1) is 39.4. The summed E-state index contributed by atoms with van der Waals surface area (Å²) in [6.45, 7) is 24.8.